The van der Waals surface area contributed by atoms with Gasteiger partial charge < -0.3 is 4.57 Å². The highest BCUT2D eigenvalue weighted by Gasteiger charge is 2.22. The van der Waals surface area contributed by atoms with Gasteiger partial charge in [-0.1, -0.05) is 65.5 Å². The molecule has 174 valence electrons. The minimum atomic E-state index is -0.128. The van der Waals surface area contributed by atoms with Crippen LogP contribution in [-0.2, 0) is 0 Å². The summed E-state index contributed by atoms with van der Waals surface area (Å²) >= 11 is 3.49. The zero-order valence-electron chi connectivity index (χ0n) is 19.3. The highest BCUT2D eigenvalue weighted by molar-refractivity contribution is 9.10. The molecule has 5 nitrogen and oxygen atoms in total. The van der Waals surface area contributed by atoms with E-state index in [2.05, 4.69) is 56.9 Å². The first-order valence-corrected chi connectivity index (χ1v) is 12.9. The molecule has 2 aromatic heterocycles. The van der Waals surface area contributed by atoms with Crippen LogP contribution in [0.4, 0.5) is 0 Å². The van der Waals surface area contributed by atoms with Gasteiger partial charge in [-0.2, -0.15) is 9.78 Å². The summed E-state index contributed by atoms with van der Waals surface area (Å²) < 4.78 is 4.48. The van der Waals surface area contributed by atoms with Crippen molar-refractivity contribution in [1.29, 1.82) is 0 Å². The molecule has 0 bridgehead atoms. The van der Waals surface area contributed by atoms with Gasteiger partial charge in [-0.05, 0) is 66.1 Å². The number of fused-ring (bicyclic) bond motifs is 2. The van der Waals surface area contributed by atoms with Crippen LogP contribution in [-0.4, -0.2) is 20.4 Å². The lowest BCUT2D eigenvalue weighted by Gasteiger charge is -2.22. The van der Waals surface area contributed by atoms with Gasteiger partial charge >= 0.3 is 0 Å². The van der Waals surface area contributed by atoms with Crippen molar-refractivity contribution < 1.29 is 0 Å². The molecule has 2 heterocycles. The smallest absolute Gasteiger partial charge is 0.282 e. The molecule has 0 saturated heterocycles. The van der Waals surface area contributed by atoms with Gasteiger partial charge in [-0.15, -0.1) is 0 Å². The van der Waals surface area contributed by atoms with E-state index in [1.54, 1.807) is 6.21 Å². The summed E-state index contributed by atoms with van der Waals surface area (Å²) in [5, 5.41) is 7.69. The van der Waals surface area contributed by atoms with Crippen molar-refractivity contribution in [2.45, 2.75) is 38.0 Å². The molecule has 1 saturated carbocycles. The molecule has 1 aliphatic rings. The number of aromatic nitrogens is 3. The molecule has 6 rings (SSSR count). The largest absolute Gasteiger partial charge is 0.316 e. The number of benzene rings is 3. The number of halogens is 1. The Balaban J connectivity index is 1.45. The van der Waals surface area contributed by atoms with E-state index in [4.69, 9.17) is 10.1 Å². The van der Waals surface area contributed by atoms with Crippen molar-refractivity contribution in [3.8, 4) is 5.69 Å². The Morgan fingerprint density at radius 3 is 2.60 bits per heavy atom. The highest BCUT2D eigenvalue weighted by Crippen LogP contribution is 2.32. The Morgan fingerprint density at radius 2 is 1.74 bits per heavy atom. The molecular weight excluding hydrogens is 500 g/mol. The molecule has 35 heavy (non-hydrogen) atoms. The van der Waals surface area contributed by atoms with E-state index in [9.17, 15) is 4.79 Å². The first kappa shape index (κ1) is 22.0. The lowest BCUT2D eigenvalue weighted by molar-refractivity contribution is 0.416. The van der Waals surface area contributed by atoms with Crippen LogP contribution in [0.5, 0.6) is 0 Å². The van der Waals surface area contributed by atoms with Gasteiger partial charge in [0.05, 0.1) is 22.8 Å². The van der Waals surface area contributed by atoms with E-state index in [1.165, 1.54) is 21.9 Å². The second-order valence-corrected chi connectivity index (χ2v) is 10.1. The number of rotatable bonds is 4. The Hall–Kier alpha value is -3.51. The lowest BCUT2D eigenvalue weighted by Crippen LogP contribution is -2.25. The second-order valence-electron chi connectivity index (χ2n) is 9.16. The standard InChI is InChI=1S/C29H25BrN4O/c30-23-13-15-27-26(18-23)29(35)34(28(32-27)21-8-2-1-3-9-21)31-19-25-11-6-16-33(25)24-14-12-20-7-4-5-10-22(20)17-24/h4-7,10-19,21H,1-3,8-9H2. The molecule has 6 heteroatoms. The minimum Gasteiger partial charge on any atom is -0.316 e. The average molecular weight is 525 g/mol. The summed E-state index contributed by atoms with van der Waals surface area (Å²) in [7, 11) is 0. The van der Waals surface area contributed by atoms with E-state index in [0.29, 0.717) is 5.39 Å². The Kier molecular flexibility index (Phi) is 5.82. The van der Waals surface area contributed by atoms with Crippen molar-refractivity contribution in [3.63, 3.8) is 0 Å². The molecule has 0 unspecified atom stereocenters. The number of nitrogens with zero attached hydrogens (tertiary/aromatic N) is 4. The van der Waals surface area contributed by atoms with Crippen LogP contribution in [0.15, 0.2) is 93.4 Å². The van der Waals surface area contributed by atoms with Gasteiger partial charge in [-0.3, -0.25) is 4.79 Å². The monoisotopic (exact) mass is 524 g/mol. The Labute approximate surface area is 211 Å². The molecule has 1 fully saturated rings. The second kappa shape index (κ2) is 9.27. The summed E-state index contributed by atoms with van der Waals surface area (Å²) in [4.78, 5) is 18.5. The normalized spacial score (nSPS) is 14.9. The fraction of sp³-hybridized carbons (Fsp3) is 0.207. The summed E-state index contributed by atoms with van der Waals surface area (Å²) in [6.07, 6.45) is 9.43. The van der Waals surface area contributed by atoms with Crippen LogP contribution in [0.3, 0.4) is 0 Å². The maximum atomic E-state index is 13.6. The molecule has 5 aromatic rings. The Morgan fingerprint density at radius 1 is 0.914 bits per heavy atom. The van der Waals surface area contributed by atoms with Crippen LogP contribution in [0.1, 0.15) is 49.5 Å². The van der Waals surface area contributed by atoms with Crippen LogP contribution in [0, 0.1) is 0 Å². The van der Waals surface area contributed by atoms with E-state index in [0.717, 1.165) is 52.9 Å². The van der Waals surface area contributed by atoms with Crippen LogP contribution < -0.4 is 5.56 Å². The van der Waals surface area contributed by atoms with Crippen LogP contribution in [0.25, 0.3) is 27.4 Å². The van der Waals surface area contributed by atoms with E-state index in [-0.39, 0.29) is 11.5 Å². The minimum absolute atomic E-state index is 0.128. The SMILES string of the molecule is O=c1c2cc(Br)ccc2nc(C2CCCCC2)n1N=Cc1cccn1-c1ccc2ccccc2c1. The third-order valence-corrected chi connectivity index (χ3v) is 7.39. The first-order chi connectivity index (χ1) is 17.2. The molecular formula is C29H25BrN4O. The molecule has 0 atom stereocenters. The molecule has 0 aliphatic heterocycles. The number of hydrogen-bond acceptors (Lipinski definition) is 3. The Bertz CT molecular complexity index is 1630. The summed E-state index contributed by atoms with van der Waals surface area (Å²) in [5.74, 6) is 1.01. The predicted molar refractivity (Wildman–Crippen MR) is 146 cm³/mol. The third-order valence-electron chi connectivity index (χ3n) is 6.90. The zero-order chi connectivity index (χ0) is 23.8. The quantitative estimate of drug-likeness (QED) is 0.237. The summed E-state index contributed by atoms with van der Waals surface area (Å²) in [5.41, 5.74) is 2.55. The lowest BCUT2D eigenvalue weighted by atomic mass is 9.88. The molecule has 1 aliphatic carbocycles. The fourth-order valence-corrected chi connectivity index (χ4v) is 5.44. The van der Waals surface area contributed by atoms with E-state index in [1.807, 2.05) is 42.6 Å². The molecule has 0 N–H and O–H groups in total. The highest BCUT2D eigenvalue weighted by atomic mass is 79.9. The molecule has 3 aromatic carbocycles. The maximum absolute atomic E-state index is 13.6. The van der Waals surface area contributed by atoms with Gasteiger partial charge in [0.1, 0.15) is 5.82 Å². The zero-order valence-corrected chi connectivity index (χ0v) is 20.9. The van der Waals surface area contributed by atoms with Crippen molar-refractivity contribution >= 4 is 43.8 Å². The molecule has 0 amide bonds. The van der Waals surface area contributed by atoms with Crippen LogP contribution in [0.2, 0.25) is 0 Å². The summed E-state index contributed by atoms with van der Waals surface area (Å²) in [6, 6.07) is 24.4. The van der Waals surface area contributed by atoms with Gasteiger partial charge in [0.25, 0.3) is 5.56 Å². The van der Waals surface area contributed by atoms with Gasteiger partial charge in [0.15, 0.2) is 0 Å². The first-order valence-electron chi connectivity index (χ1n) is 12.1. The van der Waals surface area contributed by atoms with Gasteiger partial charge in [0.2, 0.25) is 0 Å². The molecule has 0 spiro atoms. The maximum Gasteiger partial charge on any atom is 0.282 e. The van der Waals surface area contributed by atoms with Gasteiger partial charge in [0, 0.05) is 22.3 Å². The van der Waals surface area contributed by atoms with E-state index >= 15 is 0 Å². The fourth-order valence-electron chi connectivity index (χ4n) is 5.08. The summed E-state index contributed by atoms with van der Waals surface area (Å²) in [6.45, 7) is 0. The van der Waals surface area contributed by atoms with E-state index < -0.39 is 0 Å². The van der Waals surface area contributed by atoms with Crippen molar-refractivity contribution in [2.24, 2.45) is 5.10 Å². The van der Waals surface area contributed by atoms with Gasteiger partial charge in [-0.25, -0.2) is 4.98 Å². The van der Waals surface area contributed by atoms with Crippen molar-refractivity contribution in [1.82, 2.24) is 14.2 Å². The average Bonchev–Trinajstić information content (AvgIpc) is 3.37. The topological polar surface area (TPSA) is 52.2 Å². The predicted octanol–water partition coefficient (Wildman–Crippen LogP) is 7.03. The van der Waals surface area contributed by atoms with Crippen molar-refractivity contribution in [2.75, 3.05) is 0 Å². The van der Waals surface area contributed by atoms with Crippen molar-refractivity contribution in [3.05, 3.63) is 105 Å². The number of hydrogen-bond donors (Lipinski definition) is 0. The third kappa shape index (κ3) is 4.23. The van der Waals surface area contributed by atoms with Crippen LogP contribution >= 0.6 is 15.9 Å². The molecule has 0 radical (unpaired) electrons.